The molecule has 0 amide bonds. The zero-order valence-electron chi connectivity index (χ0n) is 29.4. The number of fused-ring (bicyclic) bond motifs is 3. The fraction of sp³-hybridized carbons (Fsp3) is 0.0408. The molecule has 0 fully saturated rings. The van der Waals surface area contributed by atoms with Gasteiger partial charge in [0.2, 0.25) is 0 Å². The molecular weight excluding hydrogens is 677 g/mol. The molecule has 54 heavy (non-hydrogen) atoms. The molecular formula is C49H34N4S. The average Bonchev–Trinajstić information content (AvgIpc) is 3.88. The molecule has 0 saturated carbocycles. The van der Waals surface area contributed by atoms with E-state index < -0.39 is 0 Å². The van der Waals surface area contributed by atoms with Crippen LogP contribution >= 0.6 is 11.3 Å². The van der Waals surface area contributed by atoms with E-state index in [9.17, 15) is 0 Å². The molecule has 0 bridgehead atoms. The van der Waals surface area contributed by atoms with Gasteiger partial charge in [0.25, 0.3) is 0 Å². The summed E-state index contributed by atoms with van der Waals surface area (Å²) in [6.45, 7) is 0. The van der Waals surface area contributed by atoms with Crippen molar-refractivity contribution in [2.24, 2.45) is 0 Å². The van der Waals surface area contributed by atoms with Gasteiger partial charge < -0.3 is 4.57 Å². The van der Waals surface area contributed by atoms with Crippen molar-refractivity contribution in [2.45, 2.75) is 12.3 Å². The number of aromatic nitrogens is 4. The van der Waals surface area contributed by atoms with Crippen molar-refractivity contribution < 1.29 is 0 Å². The molecule has 5 heteroatoms. The summed E-state index contributed by atoms with van der Waals surface area (Å²) < 4.78 is 2.43. The topological polar surface area (TPSA) is 43.6 Å². The molecule has 256 valence electrons. The Morgan fingerprint density at radius 1 is 0.481 bits per heavy atom. The highest BCUT2D eigenvalue weighted by atomic mass is 32.1. The molecule has 3 heterocycles. The third kappa shape index (κ3) is 5.85. The van der Waals surface area contributed by atoms with Gasteiger partial charge in [0.15, 0.2) is 11.6 Å². The zero-order valence-corrected chi connectivity index (χ0v) is 30.2. The summed E-state index contributed by atoms with van der Waals surface area (Å²) >= 11 is 1.68. The lowest BCUT2D eigenvalue weighted by Crippen LogP contribution is -2.07. The standard InChI is InChI=1S/C49H34N4S/c1-5-15-33(16-6-1)38-27-39(34-17-7-2-8-18-34)29-40(28-38)53-45-24-14-13-23-41(45)42-26-25-37(30-46(42)53)43-31-54-32-44(43)49-51-47(35-19-9-3-10-20-35)50-48(52-49)36-21-11-4-12-22-36/h1-21,23-32,36H,22H2. The number of hydrogen-bond donors (Lipinski definition) is 0. The number of allylic oxidation sites excluding steroid dienone is 4. The van der Waals surface area contributed by atoms with Crippen molar-refractivity contribution in [3.05, 3.63) is 193 Å². The van der Waals surface area contributed by atoms with Gasteiger partial charge in [0.05, 0.1) is 11.0 Å². The van der Waals surface area contributed by atoms with Gasteiger partial charge in [0, 0.05) is 44.4 Å². The van der Waals surface area contributed by atoms with Crippen LogP contribution in [0.25, 0.3) is 83.6 Å². The van der Waals surface area contributed by atoms with Crippen LogP contribution < -0.4 is 0 Å². The van der Waals surface area contributed by atoms with Crippen LogP contribution in [0, 0.1) is 0 Å². The minimum absolute atomic E-state index is 0.0979. The quantitative estimate of drug-likeness (QED) is 0.165. The first-order chi connectivity index (χ1) is 26.8. The monoisotopic (exact) mass is 710 g/mol. The van der Waals surface area contributed by atoms with Crippen LogP contribution in [0.2, 0.25) is 0 Å². The lowest BCUT2D eigenvalue weighted by molar-refractivity contribution is 0.764. The second kappa shape index (κ2) is 13.7. The normalized spacial score (nSPS) is 13.9. The average molecular weight is 711 g/mol. The summed E-state index contributed by atoms with van der Waals surface area (Å²) in [6, 6.07) is 54.1. The molecule has 1 aliphatic rings. The maximum atomic E-state index is 5.14. The van der Waals surface area contributed by atoms with E-state index in [-0.39, 0.29) is 5.92 Å². The van der Waals surface area contributed by atoms with Crippen LogP contribution in [0.5, 0.6) is 0 Å². The Kier molecular flexibility index (Phi) is 8.12. The fourth-order valence-electron chi connectivity index (χ4n) is 7.61. The van der Waals surface area contributed by atoms with Gasteiger partial charge in [-0.05, 0) is 69.9 Å². The Morgan fingerprint density at radius 2 is 1.11 bits per heavy atom. The number of nitrogens with zero attached hydrogens (tertiary/aromatic N) is 4. The molecule has 0 radical (unpaired) electrons. The molecule has 9 aromatic rings. The highest BCUT2D eigenvalue weighted by Crippen LogP contribution is 2.41. The van der Waals surface area contributed by atoms with Crippen LogP contribution in [-0.2, 0) is 0 Å². The summed E-state index contributed by atoms with van der Waals surface area (Å²) in [7, 11) is 0. The predicted molar refractivity (Wildman–Crippen MR) is 225 cm³/mol. The van der Waals surface area contributed by atoms with Gasteiger partial charge in [-0.3, -0.25) is 0 Å². The molecule has 1 unspecified atom stereocenters. The van der Waals surface area contributed by atoms with Gasteiger partial charge in [0.1, 0.15) is 5.82 Å². The zero-order chi connectivity index (χ0) is 35.8. The van der Waals surface area contributed by atoms with Crippen molar-refractivity contribution in [3.8, 4) is 61.8 Å². The van der Waals surface area contributed by atoms with E-state index in [1.165, 1.54) is 38.5 Å². The number of hydrogen-bond acceptors (Lipinski definition) is 4. The van der Waals surface area contributed by atoms with Gasteiger partial charge in [-0.15, -0.1) is 0 Å². The molecule has 0 saturated heterocycles. The highest BCUT2D eigenvalue weighted by molar-refractivity contribution is 7.08. The molecule has 10 rings (SSSR count). The molecule has 1 atom stereocenters. The van der Waals surface area contributed by atoms with Gasteiger partial charge in [-0.2, -0.15) is 11.3 Å². The first-order valence-electron chi connectivity index (χ1n) is 18.3. The van der Waals surface area contributed by atoms with Gasteiger partial charge in [-0.25, -0.2) is 15.0 Å². The Balaban J connectivity index is 1.16. The number of benzene rings is 6. The minimum Gasteiger partial charge on any atom is -0.309 e. The molecule has 4 nitrogen and oxygen atoms in total. The Hall–Kier alpha value is -6.69. The van der Waals surface area contributed by atoms with Crippen molar-refractivity contribution in [1.82, 2.24) is 19.5 Å². The summed E-state index contributed by atoms with van der Waals surface area (Å²) in [5.74, 6) is 2.28. The third-order valence-corrected chi connectivity index (χ3v) is 11.0. The van der Waals surface area contributed by atoms with Crippen LogP contribution in [0.4, 0.5) is 0 Å². The van der Waals surface area contributed by atoms with E-state index in [2.05, 4.69) is 173 Å². The van der Waals surface area contributed by atoms with E-state index in [1.54, 1.807) is 11.3 Å². The second-order valence-electron chi connectivity index (χ2n) is 13.6. The number of thiophene rings is 1. The van der Waals surface area contributed by atoms with Gasteiger partial charge >= 0.3 is 0 Å². The lowest BCUT2D eigenvalue weighted by Gasteiger charge is -2.15. The van der Waals surface area contributed by atoms with Crippen molar-refractivity contribution in [3.63, 3.8) is 0 Å². The van der Waals surface area contributed by atoms with Gasteiger partial charge in [-0.1, -0.05) is 146 Å². The van der Waals surface area contributed by atoms with E-state index in [1.807, 2.05) is 18.2 Å². The lowest BCUT2D eigenvalue weighted by atomic mass is 9.98. The van der Waals surface area contributed by atoms with Crippen LogP contribution in [0.15, 0.2) is 187 Å². The third-order valence-electron chi connectivity index (χ3n) is 10.3. The highest BCUT2D eigenvalue weighted by Gasteiger charge is 2.21. The predicted octanol–water partition coefficient (Wildman–Crippen LogP) is 13.0. The van der Waals surface area contributed by atoms with E-state index in [0.29, 0.717) is 11.6 Å². The molecule has 3 aromatic heterocycles. The molecule has 0 spiro atoms. The minimum atomic E-state index is 0.0979. The summed E-state index contributed by atoms with van der Waals surface area (Å²) in [4.78, 5) is 15.2. The van der Waals surface area contributed by atoms with E-state index in [4.69, 9.17) is 15.0 Å². The van der Waals surface area contributed by atoms with Crippen molar-refractivity contribution in [2.75, 3.05) is 0 Å². The molecule has 1 aliphatic carbocycles. The Bertz CT molecular complexity index is 2790. The first-order valence-corrected chi connectivity index (χ1v) is 19.2. The molecule has 6 aromatic carbocycles. The summed E-state index contributed by atoms with van der Waals surface area (Å²) in [6.07, 6.45) is 9.40. The summed E-state index contributed by atoms with van der Waals surface area (Å²) in [5.41, 5.74) is 12.4. The largest absolute Gasteiger partial charge is 0.309 e. The van der Waals surface area contributed by atoms with Crippen molar-refractivity contribution >= 4 is 33.1 Å². The SMILES string of the molecule is C1=CCC(c2nc(-c3ccccc3)nc(-c3cscc3-c3ccc4c5ccccc5n(-c5cc(-c6ccccc6)cc(-c6ccccc6)c5)c4c3)n2)C=C1. The Labute approximate surface area is 318 Å². The van der Waals surface area contributed by atoms with Crippen LogP contribution in [0.1, 0.15) is 18.2 Å². The van der Waals surface area contributed by atoms with E-state index >= 15 is 0 Å². The number of rotatable bonds is 7. The van der Waals surface area contributed by atoms with Crippen LogP contribution in [-0.4, -0.2) is 19.5 Å². The summed E-state index contributed by atoms with van der Waals surface area (Å²) in [5, 5.41) is 6.83. The first kappa shape index (κ1) is 32.0. The maximum Gasteiger partial charge on any atom is 0.165 e. The Morgan fingerprint density at radius 3 is 1.81 bits per heavy atom. The van der Waals surface area contributed by atoms with Crippen molar-refractivity contribution in [1.29, 1.82) is 0 Å². The second-order valence-corrected chi connectivity index (χ2v) is 14.4. The van der Waals surface area contributed by atoms with Crippen LogP contribution in [0.3, 0.4) is 0 Å². The van der Waals surface area contributed by atoms with E-state index in [0.717, 1.165) is 45.7 Å². The fourth-order valence-corrected chi connectivity index (χ4v) is 8.45. The number of para-hydroxylation sites is 1. The smallest absolute Gasteiger partial charge is 0.165 e. The molecule has 0 N–H and O–H groups in total. The molecule has 0 aliphatic heterocycles. The maximum absolute atomic E-state index is 5.14.